The summed E-state index contributed by atoms with van der Waals surface area (Å²) in [5, 5.41) is 17.3. The molecule has 11 heavy (non-hydrogen) atoms. The maximum Gasteiger partial charge on any atom is 0.489 e. The van der Waals surface area contributed by atoms with Crippen molar-refractivity contribution in [1.29, 1.82) is 0 Å². The number of nitrogens with one attached hydrogen (secondary N) is 1. The largest absolute Gasteiger partial charge is 0.489 e. The van der Waals surface area contributed by atoms with Gasteiger partial charge in [-0.1, -0.05) is 0 Å². The van der Waals surface area contributed by atoms with Crippen molar-refractivity contribution in [3.8, 4) is 0 Å². The van der Waals surface area contributed by atoms with Crippen LogP contribution in [0.1, 0.15) is 0 Å². The second-order valence-corrected chi connectivity index (χ2v) is 2.84. The summed E-state index contributed by atoms with van der Waals surface area (Å²) in [5.74, 6) is 0. The predicted molar refractivity (Wildman–Crippen MR) is 44.6 cm³/mol. The Kier molecular flexibility index (Phi) is 2.48. The Morgan fingerprint density at radius 2 is 2.18 bits per heavy atom. The number of aromatic nitrogens is 1. The third-order valence-corrected chi connectivity index (χ3v) is 1.77. The standard InChI is InChI=1S/C5H5BBrNO3/c7-4-1-3(6(10)11)2-8-5(4)9/h1-2,10-11H,(H,8,9). The van der Waals surface area contributed by atoms with Gasteiger partial charge in [0.05, 0.1) is 4.47 Å². The maximum absolute atomic E-state index is 10.7. The second-order valence-electron chi connectivity index (χ2n) is 1.98. The quantitative estimate of drug-likeness (QED) is 0.519. The van der Waals surface area contributed by atoms with E-state index in [1.54, 1.807) is 0 Å². The second kappa shape index (κ2) is 3.21. The van der Waals surface area contributed by atoms with E-state index in [0.29, 0.717) is 0 Å². The third-order valence-electron chi connectivity index (χ3n) is 1.18. The molecular weight excluding hydrogens is 213 g/mol. The van der Waals surface area contributed by atoms with Crippen LogP contribution in [0, 0.1) is 0 Å². The molecule has 0 amide bonds. The number of rotatable bonds is 1. The lowest BCUT2D eigenvalue weighted by atomic mass is 9.82. The van der Waals surface area contributed by atoms with Gasteiger partial charge in [-0.25, -0.2) is 0 Å². The van der Waals surface area contributed by atoms with Gasteiger partial charge in [0.25, 0.3) is 5.56 Å². The minimum atomic E-state index is -1.55. The fraction of sp³-hybridized carbons (Fsp3) is 0. The summed E-state index contributed by atoms with van der Waals surface area (Å²) < 4.78 is 0.281. The molecule has 6 heteroatoms. The van der Waals surface area contributed by atoms with Crippen molar-refractivity contribution in [2.75, 3.05) is 0 Å². The minimum absolute atomic E-state index is 0.247. The zero-order valence-corrected chi connectivity index (χ0v) is 7.00. The Hall–Kier alpha value is -0.585. The molecule has 0 saturated heterocycles. The molecule has 0 aliphatic heterocycles. The normalized spacial score (nSPS) is 9.73. The first-order valence-corrected chi connectivity index (χ1v) is 3.65. The molecule has 0 atom stereocenters. The van der Waals surface area contributed by atoms with Crippen molar-refractivity contribution in [2.24, 2.45) is 0 Å². The molecule has 0 saturated carbocycles. The van der Waals surface area contributed by atoms with E-state index in [9.17, 15) is 4.79 Å². The topological polar surface area (TPSA) is 73.3 Å². The van der Waals surface area contributed by atoms with Crippen LogP contribution < -0.4 is 11.0 Å². The molecule has 58 valence electrons. The zero-order valence-electron chi connectivity index (χ0n) is 5.41. The lowest BCUT2D eigenvalue weighted by Gasteiger charge is -1.97. The highest BCUT2D eigenvalue weighted by molar-refractivity contribution is 9.10. The van der Waals surface area contributed by atoms with E-state index >= 15 is 0 Å². The number of pyridine rings is 1. The fourth-order valence-electron chi connectivity index (χ4n) is 0.620. The molecule has 0 spiro atoms. The van der Waals surface area contributed by atoms with Crippen molar-refractivity contribution in [3.63, 3.8) is 0 Å². The molecule has 1 heterocycles. The summed E-state index contributed by atoms with van der Waals surface area (Å²) in [6.45, 7) is 0. The van der Waals surface area contributed by atoms with Gasteiger partial charge < -0.3 is 15.0 Å². The molecule has 1 aromatic heterocycles. The van der Waals surface area contributed by atoms with E-state index < -0.39 is 7.12 Å². The summed E-state index contributed by atoms with van der Waals surface area (Å²) in [5.41, 5.74) is -0.0501. The van der Waals surface area contributed by atoms with Gasteiger partial charge in [0.1, 0.15) is 0 Å². The van der Waals surface area contributed by atoms with E-state index in [1.807, 2.05) is 0 Å². The van der Waals surface area contributed by atoms with Crippen molar-refractivity contribution in [3.05, 3.63) is 27.1 Å². The van der Waals surface area contributed by atoms with Crippen LogP contribution in [0.25, 0.3) is 0 Å². The molecule has 0 unspecified atom stereocenters. The van der Waals surface area contributed by atoms with Crippen LogP contribution >= 0.6 is 15.9 Å². The Morgan fingerprint density at radius 1 is 1.55 bits per heavy atom. The van der Waals surface area contributed by atoms with Gasteiger partial charge in [-0.3, -0.25) is 4.79 Å². The number of H-pyrrole nitrogens is 1. The monoisotopic (exact) mass is 217 g/mol. The average Bonchev–Trinajstić information content (AvgIpc) is 1.94. The average molecular weight is 218 g/mol. The van der Waals surface area contributed by atoms with Crippen molar-refractivity contribution < 1.29 is 10.0 Å². The fourth-order valence-corrected chi connectivity index (χ4v) is 0.999. The Labute approximate surface area is 71.2 Å². The van der Waals surface area contributed by atoms with E-state index in [-0.39, 0.29) is 15.5 Å². The van der Waals surface area contributed by atoms with Gasteiger partial charge in [-0.2, -0.15) is 0 Å². The molecule has 0 aliphatic carbocycles. The molecule has 0 fully saturated rings. The van der Waals surface area contributed by atoms with Gasteiger partial charge in [0.15, 0.2) is 0 Å². The maximum atomic E-state index is 10.7. The molecular formula is C5H5BBrNO3. The third kappa shape index (κ3) is 1.92. The summed E-state index contributed by atoms with van der Waals surface area (Å²) in [6.07, 6.45) is 1.25. The molecule has 0 aromatic carbocycles. The number of hydrogen-bond donors (Lipinski definition) is 3. The van der Waals surface area contributed by atoms with Gasteiger partial charge in [-0.15, -0.1) is 0 Å². The number of hydrogen-bond acceptors (Lipinski definition) is 3. The molecule has 0 aliphatic rings. The van der Waals surface area contributed by atoms with E-state index in [4.69, 9.17) is 10.0 Å². The summed E-state index contributed by atoms with van der Waals surface area (Å²) in [7, 11) is -1.55. The summed E-state index contributed by atoms with van der Waals surface area (Å²) >= 11 is 2.95. The lowest BCUT2D eigenvalue weighted by Crippen LogP contribution is -2.32. The predicted octanol–water partition coefficient (Wildman–Crippen LogP) is -1.18. The molecule has 0 bridgehead atoms. The summed E-state index contributed by atoms with van der Waals surface area (Å²) in [4.78, 5) is 13.1. The van der Waals surface area contributed by atoms with Crippen LogP contribution in [0.15, 0.2) is 21.5 Å². The first kappa shape index (κ1) is 8.51. The molecule has 1 rings (SSSR count). The Morgan fingerprint density at radius 3 is 2.64 bits per heavy atom. The van der Waals surface area contributed by atoms with Gasteiger partial charge >= 0.3 is 7.12 Å². The van der Waals surface area contributed by atoms with Crippen LogP contribution in [-0.2, 0) is 0 Å². The molecule has 4 nitrogen and oxygen atoms in total. The van der Waals surface area contributed by atoms with E-state index in [0.717, 1.165) is 0 Å². The van der Waals surface area contributed by atoms with E-state index in [1.165, 1.54) is 12.3 Å². The van der Waals surface area contributed by atoms with Crippen LogP contribution in [0.2, 0.25) is 0 Å². The van der Waals surface area contributed by atoms with Gasteiger partial charge in [-0.05, 0) is 27.5 Å². The molecule has 0 radical (unpaired) electrons. The Bertz CT molecular complexity index is 311. The molecule has 3 N–H and O–H groups in total. The van der Waals surface area contributed by atoms with Crippen LogP contribution in [0.3, 0.4) is 0 Å². The molecule has 1 aromatic rings. The smallest absolute Gasteiger partial charge is 0.423 e. The minimum Gasteiger partial charge on any atom is -0.423 e. The first-order valence-electron chi connectivity index (χ1n) is 2.85. The van der Waals surface area contributed by atoms with Gasteiger partial charge in [0.2, 0.25) is 0 Å². The van der Waals surface area contributed by atoms with Crippen molar-refractivity contribution in [1.82, 2.24) is 4.98 Å². The number of halogens is 1. The highest BCUT2D eigenvalue weighted by atomic mass is 79.9. The van der Waals surface area contributed by atoms with E-state index in [2.05, 4.69) is 20.9 Å². The summed E-state index contributed by atoms with van der Waals surface area (Å²) in [6, 6.07) is 1.35. The van der Waals surface area contributed by atoms with Crippen LogP contribution in [-0.4, -0.2) is 22.2 Å². The van der Waals surface area contributed by atoms with Gasteiger partial charge in [0, 0.05) is 6.20 Å². The van der Waals surface area contributed by atoms with Crippen LogP contribution in [0.5, 0.6) is 0 Å². The van der Waals surface area contributed by atoms with Crippen molar-refractivity contribution in [2.45, 2.75) is 0 Å². The Balaban J connectivity index is 3.15. The number of aromatic amines is 1. The van der Waals surface area contributed by atoms with Crippen LogP contribution in [0.4, 0.5) is 0 Å². The first-order chi connectivity index (χ1) is 5.11. The highest BCUT2D eigenvalue weighted by Crippen LogP contribution is 1.97. The SMILES string of the molecule is O=c1[nH]cc(B(O)O)cc1Br. The lowest BCUT2D eigenvalue weighted by molar-refractivity contribution is 0.425. The van der Waals surface area contributed by atoms with Crippen molar-refractivity contribution >= 4 is 28.5 Å². The highest BCUT2D eigenvalue weighted by Gasteiger charge is 2.11. The zero-order chi connectivity index (χ0) is 8.43.